The summed E-state index contributed by atoms with van der Waals surface area (Å²) in [6.07, 6.45) is 0. The first-order chi connectivity index (χ1) is 14.6. The van der Waals surface area contributed by atoms with Crippen molar-refractivity contribution in [3.63, 3.8) is 0 Å². The average molecular weight is 421 g/mol. The van der Waals surface area contributed by atoms with Gasteiger partial charge >= 0.3 is 0 Å². The van der Waals surface area contributed by atoms with E-state index in [0.29, 0.717) is 5.92 Å². The van der Waals surface area contributed by atoms with Gasteiger partial charge in [0, 0.05) is 42.5 Å². The van der Waals surface area contributed by atoms with Crippen molar-refractivity contribution in [2.75, 3.05) is 31.7 Å². The Morgan fingerprint density at radius 3 is 2.23 bits per heavy atom. The topological polar surface area (TPSA) is 17.4 Å². The highest BCUT2D eigenvalue weighted by atomic mass is 32.2. The summed E-state index contributed by atoms with van der Waals surface area (Å²) in [7, 11) is 1.72. The molecule has 30 heavy (non-hydrogen) atoms. The van der Waals surface area contributed by atoms with Crippen LogP contribution in [0.4, 0.5) is 0 Å². The number of methoxy groups -OCH3 is 1. The quantitative estimate of drug-likeness (QED) is 0.477. The van der Waals surface area contributed by atoms with Gasteiger partial charge in [0.05, 0.1) is 12.8 Å². The van der Waals surface area contributed by atoms with Crippen molar-refractivity contribution in [2.24, 2.45) is 0 Å². The number of rotatable bonds is 6. The van der Waals surface area contributed by atoms with Gasteiger partial charge in [0.15, 0.2) is 0 Å². The van der Waals surface area contributed by atoms with E-state index in [9.17, 15) is 0 Å². The molecule has 1 saturated heterocycles. The Morgan fingerprint density at radius 2 is 1.63 bits per heavy atom. The minimum atomic E-state index is 0.540. The Bertz CT molecular complexity index is 968. The molecule has 1 fully saturated rings. The molecule has 1 aliphatic heterocycles. The van der Waals surface area contributed by atoms with E-state index in [1.165, 1.54) is 58.4 Å². The lowest BCUT2D eigenvalue weighted by Crippen LogP contribution is -2.32. The molecular formula is C26H32N2OS. The molecule has 1 aliphatic rings. The van der Waals surface area contributed by atoms with Crippen LogP contribution in [0.5, 0.6) is 5.75 Å². The third-order valence-corrected chi connectivity index (χ3v) is 7.00. The van der Waals surface area contributed by atoms with Gasteiger partial charge in [-0.15, -0.1) is 0 Å². The number of ether oxygens (including phenoxy) is 1. The largest absolute Gasteiger partial charge is 0.497 e. The molecule has 4 heteroatoms. The summed E-state index contributed by atoms with van der Waals surface area (Å²) < 4.78 is 7.79. The number of thioether (sulfide) groups is 1. The van der Waals surface area contributed by atoms with Crippen LogP contribution >= 0.6 is 11.8 Å². The Labute approximate surface area is 185 Å². The van der Waals surface area contributed by atoms with E-state index in [1.807, 2.05) is 12.1 Å². The van der Waals surface area contributed by atoms with E-state index in [4.69, 9.17) is 4.74 Å². The zero-order valence-electron chi connectivity index (χ0n) is 18.5. The summed E-state index contributed by atoms with van der Waals surface area (Å²) in [6, 6.07) is 19.8. The van der Waals surface area contributed by atoms with Gasteiger partial charge in [-0.25, -0.2) is 0 Å². The molecule has 3 aromatic rings. The maximum Gasteiger partial charge on any atom is 0.118 e. The summed E-state index contributed by atoms with van der Waals surface area (Å²) in [5.41, 5.74) is 7.81. The number of aromatic nitrogens is 1. The first-order valence-corrected chi connectivity index (χ1v) is 12.0. The number of nitrogens with zero attached hydrogens (tertiary/aromatic N) is 2. The van der Waals surface area contributed by atoms with Gasteiger partial charge in [0.1, 0.15) is 5.75 Å². The molecule has 3 nitrogen and oxygen atoms in total. The van der Waals surface area contributed by atoms with Gasteiger partial charge in [-0.2, -0.15) is 11.8 Å². The van der Waals surface area contributed by atoms with Gasteiger partial charge < -0.3 is 9.30 Å². The number of hydrogen-bond donors (Lipinski definition) is 0. The van der Waals surface area contributed by atoms with E-state index in [-0.39, 0.29) is 0 Å². The van der Waals surface area contributed by atoms with Gasteiger partial charge in [-0.1, -0.05) is 26.0 Å². The molecule has 0 bridgehead atoms. The second-order valence-electron chi connectivity index (χ2n) is 8.34. The average Bonchev–Trinajstić information content (AvgIpc) is 3.10. The fourth-order valence-electron chi connectivity index (χ4n) is 4.13. The first kappa shape index (κ1) is 21.1. The molecule has 0 aliphatic carbocycles. The predicted molar refractivity (Wildman–Crippen MR) is 129 cm³/mol. The molecule has 0 spiro atoms. The number of hydrogen-bond acceptors (Lipinski definition) is 3. The molecule has 0 amide bonds. The van der Waals surface area contributed by atoms with Crippen molar-refractivity contribution in [1.82, 2.24) is 9.47 Å². The van der Waals surface area contributed by atoms with Gasteiger partial charge in [0.25, 0.3) is 0 Å². The fourth-order valence-corrected chi connectivity index (χ4v) is 5.11. The van der Waals surface area contributed by atoms with Crippen LogP contribution in [0, 0.1) is 6.92 Å². The van der Waals surface area contributed by atoms with Crippen molar-refractivity contribution in [3.8, 4) is 22.7 Å². The molecule has 0 radical (unpaired) electrons. The summed E-state index contributed by atoms with van der Waals surface area (Å²) in [5.74, 6) is 3.91. The summed E-state index contributed by atoms with van der Waals surface area (Å²) >= 11 is 2.06. The van der Waals surface area contributed by atoms with Crippen LogP contribution in [0.3, 0.4) is 0 Å². The predicted octanol–water partition coefficient (Wildman–Crippen LogP) is 6.13. The van der Waals surface area contributed by atoms with Gasteiger partial charge in [0.2, 0.25) is 0 Å². The Morgan fingerprint density at radius 1 is 0.967 bits per heavy atom. The summed E-state index contributed by atoms with van der Waals surface area (Å²) in [4.78, 5) is 2.59. The minimum Gasteiger partial charge on any atom is -0.497 e. The lowest BCUT2D eigenvalue weighted by atomic mass is 10.0. The van der Waals surface area contributed by atoms with Crippen LogP contribution in [-0.2, 0) is 6.54 Å². The third-order valence-electron chi connectivity index (χ3n) is 6.05. The van der Waals surface area contributed by atoms with Crippen LogP contribution in [-0.4, -0.2) is 41.2 Å². The highest BCUT2D eigenvalue weighted by Gasteiger charge is 2.18. The van der Waals surface area contributed by atoms with Crippen molar-refractivity contribution in [1.29, 1.82) is 0 Å². The van der Waals surface area contributed by atoms with Crippen molar-refractivity contribution < 1.29 is 4.74 Å². The van der Waals surface area contributed by atoms with Crippen LogP contribution in [0.2, 0.25) is 0 Å². The monoisotopic (exact) mass is 420 g/mol. The fraction of sp³-hybridized carbons (Fsp3) is 0.385. The summed E-state index contributed by atoms with van der Waals surface area (Å²) in [6.45, 7) is 10.1. The highest BCUT2D eigenvalue weighted by Crippen LogP contribution is 2.32. The lowest BCUT2D eigenvalue weighted by molar-refractivity contribution is 0.294. The Hall–Kier alpha value is -2.17. The van der Waals surface area contributed by atoms with Gasteiger partial charge in [-0.05, 0) is 72.0 Å². The van der Waals surface area contributed by atoms with Crippen LogP contribution < -0.4 is 4.74 Å². The highest BCUT2D eigenvalue weighted by molar-refractivity contribution is 7.99. The minimum absolute atomic E-state index is 0.540. The molecule has 0 N–H and O–H groups in total. The van der Waals surface area contributed by atoms with E-state index >= 15 is 0 Å². The molecular weight excluding hydrogens is 388 g/mol. The molecule has 4 rings (SSSR count). The third kappa shape index (κ3) is 4.45. The number of benzene rings is 2. The maximum absolute atomic E-state index is 5.37. The van der Waals surface area contributed by atoms with E-state index in [2.05, 4.69) is 84.5 Å². The SMILES string of the molecule is COc1ccc(-c2cc(CN3CCSCC3)c(C)n2-c2ccc(C(C)C)cc2)cc1. The molecule has 158 valence electrons. The van der Waals surface area contributed by atoms with Crippen molar-refractivity contribution in [3.05, 3.63) is 71.4 Å². The molecule has 2 heterocycles. The van der Waals surface area contributed by atoms with E-state index < -0.39 is 0 Å². The maximum atomic E-state index is 5.37. The van der Waals surface area contributed by atoms with Crippen LogP contribution in [0.1, 0.15) is 36.6 Å². The molecule has 2 aromatic carbocycles. The Balaban J connectivity index is 1.76. The molecule has 0 atom stereocenters. The second-order valence-corrected chi connectivity index (χ2v) is 9.56. The summed E-state index contributed by atoms with van der Waals surface area (Å²) in [5, 5.41) is 0. The molecule has 0 unspecified atom stereocenters. The van der Waals surface area contributed by atoms with Gasteiger partial charge in [-0.3, -0.25) is 4.90 Å². The smallest absolute Gasteiger partial charge is 0.118 e. The molecule has 0 saturated carbocycles. The van der Waals surface area contributed by atoms with Crippen molar-refractivity contribution >= 4 is 11.8 Å². The van der Waals surface area contributed by atoms with Crippen LogP contribution in [0.25, 0.3) is 16.9 Å². The van der Waals surface area contributed by atoms with Crippen LogP contribution in [0.15, 0.2) is 54.6 Å². The molecule has 1 aromatic heterocycles. The standard InChI is InChI=1S/C26H32N2OS/c1-19(2)21-5-9-24(10-6-21)28-20(3)23(18-27-13-15-30-16-14-27)17-26(28)22-7-11-25(29-4)12-8-22/h5-12,17,19H,13-16,18H2,1-4H3. The normalized spacial score (nSPS) is 15.0. The zero-order valence-corrected chi connectivity index (χ0v) is 19.3. The van der Waals surface area contributed by atoms with E-state index in [1.54, 1.807) is 7.11 Å². The van der Waals surface area contributed by atoms with Crippen molar-refractivity contribution in [2.45, 2.75) is 33.2 Å². The Kier molecular flexibility index (Phi) is 6.55. The van der Waals surface area contributed by atoms with E-state index in [0.717, 1.165) is 12.3 Å². The lowest BCUT2D eigenvalue weighted by Gasteiger charge is -2.26. The first-order valence-electron chi connectivity index (χ1n) is 10.8. The second kappa shape index (κ2) is 9.32. The zero-order chi connectivity index (χ0) is 21.1.